The molecule has 0 saturated heterocycles. The standard InChI is InChI=1S/C16H20FN3O/c1-21-8-7-18-10-13-11-19-20(16(13)12-5-6-12)15-4-2-3-14(17)9-15/h2-4,9,11-12,18H,5-8,10H2,1H3. The average molecular weight is 289 g/mol. The molecule has 5 heteroatoms. The van der Waals surface area contributed by atoms with Gasteiger partial charge < -0.3 is 10.1 Å². The van der Waals surface area contributed by atoms with Crippen LogP contribution in [-0.2, 0) is 11.3 Å². The zero-order chi connectivity index (χ0) is 14.7. The Morgan fingerprint density at radius 3 is 3.00 bits per heavy atom. The Bertz CT molecular complexity index is 607. The quantitative estimate of drug-likeness (QED) is 0.796. The van der Waals surface area contributed by atoms with E-state index in [2.05, 4.69) is 10.4 Å². The molecule has 0 atom stereocenters. The number of nitrogens with one attached hydrogen (secondary N) is 1. The van der Waals surface area contributed by atoms with Crippen LogP contribution in [0.1, 0.15) is 30.0 Å². The van der Waals surface area contributed by atoms with Gasteiger partial charge in [-0.1, -0.05) is 6.07 Å². The Morgan fingerprint density at radius 2 is 2.29 bits per heavy atom. The smallest absolute Gasteiger partial charge is 0.125 e. The van der Waals surface area contributed by atoms with Gasteiger partial charge in [0.1, 0.15) is 5.82 Å². The number of nitrogens with zero attached hydrogens (tertiary/aromatic N) is 2. The van der Waals surface area contributed by atoms with Gasteiger partial charge in [-0.15, -0.1) is 0 Å². The lowest BCUT2D eigenvalue weighted by atomic mass is 10.1. The van der Waals surface area contributed by atoms with Crippen molar-refractivity contribution in [3.05, 3.63) is 47.5 Å². The summed E-state index contributed by atoms with van der Waals surface area (Å²) in [6, 6.07) is 6.60. The lowest BCUT2D eigenvalue weighted by Crippen LogP contribution is -2.19. The van der Waals surface area contributed by atoms with Crippen LogP contribution in [0.4, 0.5) is 4.39 Å². The van der Waals surface area contributed by atoms with Gasteiger partial charge in [0, 0.05) is 31.7 Å². The van der Waals surface area contributed by atoms with Crippen molar-refractivity contribution in [1.29, 1.82) is 0 Å². The Labute approximate surface area is 123 Å². The van der Waals surface area contributed by atoms with Gasteiger partial charge in [-0.2, -0.15) is 5.10 Å². The molecule has 1 heterocycles. The summed E-state index contributed by atoms with van der Waals surface area (Å²) in [5.41, 5.74) is 3.20. The molecule has 4 nitrogen and oxygen atoms in total. The van der Waals surface area contributed by atoms with Crippen LogP contribution in [0.15, 0.2) is 30.5 Å². The van der Waals surface area contributed by atoms with Gasteiger partial charge in [0.2, 0.25) is 0 Å². The first-order chi connectivity index (χ1) is 10.3. The van der Waals surface area contributed by atoms with Crippen LogP contribution in [0.2, 0.25) is 0 Å². The van der Waals surface area contributed by atoms with Crippen molar-refractivity contribution >= 4 is 0 Å². The average Bonchev–Trinajstić information content (AvgIpc) is 3.24. The van der Waals surface area contributed by atoms with Gasteiger partial charge in [0.25, 0.3) is 0 Å². The fourth-order valence-corrected chi connectivity index (χ4v) is 2.53. The van der Waals surface area contributed by atoms with Gasteiger partial charge in [-0.25, -0.2) is 9.07 Å². The predicted octanol–water partition coefficient (Wildman–Crippen LogP) is 2.62. The van der Waals surface area contributed by atoms with Crippen molar-refractivity contribution in [2.75, 3.05) is 20.3 Å². The Morgan fingerprint density at radius 1 is 1.43 bits per heavy atom. The minimum Gasteiger partial charge on any atom is -0.383 e. The summed E-state index contributed by atoms with van der Waals surface area (Å²) in [7, 11) is 1.69. The number of hydrogen-bond donors (Lipinski definition) is 1. The number of hydrogen-bond acceptors (Lipinski definition) is 3. The van der Waals surface area contributed by atoms with Gasteiger partial charge >= 0.3 is 0 Å². The predicted molar refractivity (Wildman–Crippen MR) is 79.1 cm³/mol. The van der Waals surface area contributed by atoms with Crippen molar-refractivity contribution < 1.29 is 9.13 Å². The number of aromatic nitrogens is 2. The first-order valence-corrected chi connectivity index (χ1v) is 7.32. The van der Waals surface area contributed by atoms with Gasteiger partial charge in [0.05, 0.1) is 24.2 Å². The summed E-state index contributed by atoms with van der Waals surface area (Å²) >= 11 is 0. The van der Waals surface area contributed by atoms with E-state index in [-0.39, 0.29) is 5.82 Å². The van der Waals surface area contributed by atoms with E-state index in [0.717, 1.165) is 18.8 Å². The molecule has 1 saturated carbocycles. The second-order valence-electron chi connectivity index (χ2n) is 5.39. The van der Waals surface area contributed by atoms with E-state index in [0.29, 0.717) is 12.5 Å². The minimum atomic E-state index is -0.232. The van der Waals surface area contributed by atoms with E-state index in [9.17, 15) is 4.39 Å². The van der Waals surface area contributed by atoms with Crippen LogP contribution in [0.5, 0.6) is 0 Å². The number of benzene rings is 1. The molecule has 0 radical (unpaired) electrons. The van der Waals surface area contributed by atoms with E-state index in [1.165, 1.54) is 36.2 Å². The number of methoxy groups -OCH3 is 1. The van der Waals surface area contributed by atoms with Crippen molar-refractivity contribution in [2.45, 2.75) is 25.3 Å². The molecule has 0 spiro atoms. The second kappa shape index (κ2) is 6.37. The monoisotopic (exact) mass is 289 g/mol. The zero-order valence-corrected chi connectivity index (χ0v) is 12.2. The molecule has 112 valence electrons. The maximum absolute atomic E-state index is 13.4. The number of ether oxygens (including phenoxy) is 1. The number of rotatable bonds is 7. The fourth-order valence-electron chi connectivity index (χ4n) is 2.53. The molecule has 1 N–H and O–H groups in total. The highest BCUT2D eigenvalue weighted by molar-refractivity contribution is 5.38. The number of halogens is 1. The van der Waals surface area contributed by atoms with Crippen molar-refractivity contribution in [3.8, 4) is 5.69 Å². The molecule has 0 aliphatic heterocycles. The molecular weight excluding hydrogens is 269 g/mol. The molecule has 0 bridgehead atoms. The maximum Gasteiger partial charge on any atom is 0.125 e. The normalized spacial score (nSPS) is 14.6. The molecular formula is C16H20FN3O. The molecule has 2 aromatic rings. The molecule has 1 aromatic heterocycles. The maximum atomic E-state index is 13.4. The van der Waals surface area contributed by atoms with Gasteiger partial charge in [-0.05, 0) is 31.0 Å². The zero-order valence-electron chi connectivity index (χ0n) is 12.2. The van der Waals surface area contributed by atoms with Crippen molar-refractivity contribution in [3.63, 3.8) is 0 Å². The SMILES string of the molecule is COCCNCc1cnn(-c2cccc(F)c2)c1C1CC1. The van der Waals surface area contributed by atoms with Gasteiger partial charge in [0.15, 0.2) is 0 Å². The summed E-state index contributed by atoms with van der Waals surface area (Å²) < 4.78 is 20.3. The summed E-state index contributed by atoms with van der Waals surface area (Å²) in [5, 5.41) is 7.82. The molecule has 3 rings (SSSR count). The molecule has 1 aliphatic carbocycles. The summed E-state index contributed by atoms with van der Waals surface area (Å²) in [5.74, 6) is 0.319. The van der Waals surface area contributed by atoms with E-state index in [1.54, 1.807) is 13.2 Å². The van der Waals surface area contributed by atoms with Crippen molar-refractivity contribution in [2.24, 2.45) is 0 Å². The van der Waals surface area contributed by atoms with E-state index in [1.807, 2.05) is 16.9 Å². The Kier molecular flexibility index (Phi) is 4.31. The van der Waals surface area contributed by atoms with Gasteiger partial charge in [-0.3, -0.25) is 0 Å². The Balaban J connectivity index is 1.83. The summed E-state index contributed by atoms with van der Waals surface area (Å²) in [6.07, 6.45) is 4.26. The third-order valence-corrected chi connectivity index (χ3v) is 3.70. The fraction of sp³-hybridized carbons (Fsp3) is 0.438. The Hall–Kier alpha value is -1.72. The lowest BCUT2D eigenvalue weighted by molar-refractivity contribution is 0.199. The molecule has 1 fully saturated rings. The van der Waals surface area contributed by atoms with Crippen LogP contribution in [0.3, 0.4) is 0 Å². The van der Waals surface area contributed by atoms with E-state index >= 15 is 0 Å². The van der Waals surface area contributed by atoms with Crippen LogP contribution < -0.4 is 5.32 Å². The molecule has 1 aromatic carbocycles. The highest BCUT2D eigenvalue weighted by atomic mass is 19.1. The summed E-state index contributed by atoms with van der Waals surface area (Å²) in [6.45, 7) is 2.27. The molecule has 0 amide bonds. The van der Waals surface area contributed by atoms with Crippen LogP contribution in [-0.4, -0.2) is 30.0 Å². The van der Waals surface area contributed by atoms with E-state index in [4.69, 9.17) is 4.74 Å². The minimum absolute atomic E-state index is 0.232. The van der Waals surface area contributed by atoms with Crippen LogP contribution >= 0.6 is 0 Å². The molecule has 21 heavy (non-hydrogen) atoms. The van der Waals surface area contributed by atoms with Crippen LogP contribution in [0.25, 0.3) is 5.69 Å². The molecule has 0 unspecified atom stereocenters. The highest BCUT2D eigenvalue weighted by Gasteiger charge is 2.30. The third-order valence-electron chi connectivity index (χ3n) is 3.70. The van der Waals surface area contributed by atoms with E-state index < -0.39 is 0 Å². The van der Waals surface area contributed by atoms with Crippen LogP contribution in [0, 0.1) is 5.82 Å². The lowest BCUT2D eigenvalue weighted by Gasteiger charge is -2.10. The first kappa shape index (κ1) is 14.2. The first-order valence-electron chi connectivity index (χ1n) is 7.32. The molecule has 1 aliphatic rings. The third kappa shape index (κ3) is 3.31. The highest BCUT2D eigenvalue weighted by Crippen LogP contribution is 2.42. The second-order valence-corrected chi connectivity index (χ2v) is 5.39. The largest absolute Gasteiger partial charge is 0.383 e. The topological polar surface area (TPSA) is 39.1 Å². The van der Waals surface area contributed by atoms with Crippen molar-refractivity contribution in [1.82, 2.24) is 15.1 Å². The summed E-state index contributed by atoms with van der Waals surface area (Å²) in [4.78, 5) is 0.